The number of carbonyl (C=O) groups excluding carboxylic acids is 1. The molecule has 0 aliphatic rings. The van der Waals surface area contributed by atoms with Crippen molar-refractivity contribution in [1.82, 2.24) is 14.9 Å². The van der Waals surface area contributed by atoms with Crippen molar-refractivity contribution >= 4 is 21.6 Å². The molecule has 0 aliphatic carbocycles. The fraction of sp³-hybridized carbons (Fsp3) is 0.167. The first-order valence-corrected chi connectivity index (χ1v) is 9.58. The topological polar surface area (TPSA) is 114 Å². The molecule has 0 atom stereocenters. The number of amides is 1. The summed E-state index contributed by atoms with van der Waals surface area (Å²) >= 11 is 0. The molecule has 3 rings (SSSR count). The van der Waals surface area contributed by atoms with E-state index in [4.69, 9.17) is 4.42 Å². The van der Waals surface area contributed by atoms with Crippen molar-refractivity contribution in [2.24, 2.45) is 0 Å². The third-order valence-electron chi connectivity index (χ3n) is 3.63. The smallest absolute Gasteiger partial charge is 0.247 e. The molecular weight excluding hydrogens is 368 g/mol. The first-order chi connectivity index (χ1) is 12.8. The van der Waals surface area contributed by atoms with Crippen molar-refractivity contribution in [1.29, 1.82) is 0 Å². The Morgan fingerprint density at radius 1 is 1.11 bits per heavy atom. The van der Waals surface area contributed by atoms with E-state index in [-0.39, 0.29) is 23.2 Å². The van der Waals surface area contributed by atoms with Gasteiger partial charge in [-0.3, -0.25) is 4.79 Å². The Bertz CT molecular complexity index is 1060. The van der Waals surface area contributed by atoms with Crippen LogP contribution in [0.5, 0.6) is 0 Å². The fourth-order valence-electron chi connectivity index (χ4n) is 2.38. The Labute approximate surface area is 156 Å². The molecule has 27 heavy (non-hydrogen) atoms. The molecule has 0 saturated carbocycles. The lowest BCUT2D eigenvalue weighted by atomic mass is 10.1. The summed E-state index contributed by atoms with van der Waals surface area (Å²) < 4.78 is 32.7. The number of sulfonamides is 1. The van der Waals surface area contributed by atoms with Crippen LogP contribution in [0.15, 0.2) is 57.8 Å². The molecule has 0 aliphatic heterocycles. The third-order valence-corrected chi connectivity index (χ3v) is 5.05. The Kier molecular flexibility index (Phi) is 5.33. The van der Waals surface area contributed by atoms with Crippen LogP contribution in [0.25, 0.3) is 11.5 Å². The Hall–Kier alpha value is -3.04. The van der Waals surface area contributed by atoms with E-state index in [1.807, 2.05) is 31.2 Å². The van der Waals surface area contributed by atoms with E-state index in [9.17, 15) is 13.2 Å². The molecule has 0 radical (unpaired) electrons. The number of nitrogens with zero attached hydrogens (tertiary/aromatic N) is 2. The van der Waals surface area contributed by atoms with E-state index >= 15 is 0 Å². The van der Waals surface area contributed by atoms with Gasteiger partial charge in [-0.25, -0.2) is 13.1 Å². The molecular formula is C18H18N4O4S. The van der Waals surface area contributed by atoms with Crippen molar-refractivity contribution in [2.45, 2.75) is 25.3 Å². The van der Waals surface area contributed by atoms with Crippen LogP contribution in [0.4, 0.5) is 5.69 Å². The molecule has 0 unspecified atom stereocenters. The predicted molar refractivity (Wildman–Crippen MR) is 99.2 cm³/mol. The van der Waals surface area contributed by atoms with E-state index in [0.717, 1.165) is 11.1 Å². The van der Waals surface area contributed by atoms with E-state index in [2.05, 4.69) is 20.2 Å². The molecule has 0 bridgehead atoms. The molecule has 2 aromatic carbocycles. The maximum Gasteiger partial charge on any atom is 0.247 e. The normalized spacial score (nSPS) is 11.3. The quantitative estimate of drug-likeness (QED) is 0.673. The van der Waals surface area contributed by atoms with Crippen molar-refractivity contribution in [2.75, 3.05) is 5.32 Å². The number of hydrogen-bond donors (Lipinski definition) is 2. The van der Waals surface area contributed by atoms with E-state index in [1.165, 1.54) is 31.2 Å². The fourth-order valence-corrected chi connectivity index (χ4v) is 3.36. The number of rotatable bonds is 6. The van der Waals surface area contributed by atoms with Crippen molar-refractivity contribution < 1.29 is 17.6 Å². The molecule has 1 amide bonds. The highest BCUT2D eigenvalue weighted by molar-refractivity contribution is 7.89. The van der Waals surface area contributed by atoms with Gasteiger partial charge in [0.1, 0.15) is 0 Å². The van der Waals surface area contributed by atoms with Gasteiger partial charge in [0.15, 0.2) is 0 Å². The predicted octanol–water partition coefficient (Wildman–Crippen LogP) is 2.48. The van der Waals surface area contributed by atoms with Crippen LogP contribution in [0.3, 0.4) is 0 Å². The second-order valence-corrected chi connectivity index (χ2v) is 7.67. The van der Waals surface area contributed by atoms with Crippen LogP contribution < -0.4 is 10.0 Å². The second kappa shape index (κ2) is 7.68. The standard InChI is InChI=1S/C18H18N4O4S/c1-12-4-3-5-14(10-12)18-22-21-17(26-18)11-19-27(24,25)16-8-6-15(7-9-16)20-13(2)23/h3-10,19H,11H2,1-2H3,(H,20,23). The lowest BCUT2D eigenvalue weighted by Crippen LogP contribution is -2.23. The average Bonchev–Trinajstić information content (AvgIpc) is 3.09. The number of aryl methyl sites for hydroxylation is 1. The summed E-state index contributed by atoms with van der Waals surface area (Å²) in [5.41, 5.74) is 2.34. The van der Waals surface area contributed by atoms with Crippen LogP contribution in [0.2, 0.25) is 0 Å². The van der Waals surface area contributed by atoms with Gasteiger partial charge in [0, 0.05) is 18.2 Å². The molecule has 0 spiro atoms. The summed E-state index contributed by atoms with van der Waals surface area (Å²) in [7, 11) is -3.76. The number of carbonyl (C=O) groups is 1. The van der Waals surface area contributed by atoms with Crippen LogP contribution in [0, 0.1) is 6.92 Å². The van der Waals surface area contributed by atoms with E-state index in [0.29, 0.717) is 11.6 Å². The van der Waals surface area contributed by atoms with Gasteiger partial charge in [0.2, 0.25) is 27.7 Å². The Balaban J connectivity index is 1.68. The average molecular weight is 386 g/mol. The number of anilines is 1. The molecule has 140 valence electrons. The summed E-state index contributed by atoms with van der Waals surface area (Å²) in [5.74, 6) is 0.252. The largest absolute Gasteiger partial charge is 0.419 e. The Morgan fingerprint density at radius 2 is 1.85 bits per heavy atom. The van der Waals surface area contributed by atoms with Crippen LogP contribution in [-0.2, 0) is 21.4 Å². The van der Waals surface area contributed by atoms with Gasteiger partial charge >= 0.3 is 0 Å². The molecule has 2 N–H and O–H groups in total. The first kappa shape index (κ1) is 18.7. The molecule has 1 aromatic heterocycles. The van der Waals surface area contributed by atoms with Crippen LogP contribution in [-0.4, -0.2) is 24.5 Å². The molecule has 8 nitrogen and oxygen atoms in total. The zero-order valence-electron chi connectivity index (χ0n) is 14.8. The van der Waals surface area contributed by atoms with E-state index in [1.54, 1.807) is 0 Å². The Morgan fingerprint density at radius 3 is 2.52 bits per heavy atom. The minimum absolute atomic E-state index is 0.0648. The van der Waals surface area contributed by atoms with Gasteiger partial charge in [-0.05, 0) is 43.3 Å². The summed E-state index contributed by atoms with van der Waals surface area (Å²) in [6.45, 7) is 3.20. The van der Waals surface area contributed by atoms with Gasteiger partial charge in [0.25, 0.3) is 0 Å². The van der Waals surface area contributed by atoms with Gasteiger partial charge < -0.3 is 9.73 Å². The summed E-state index contributed by atoms with van der Waals surface area (Å²) in [6, 6.07) is 13.4. The number of benzene rings is 2. The lowest BCUT2D eigenvalue weighted by Gasteiger charge is -2.06. The van der Waals surface area contributed by atoms with Crippen molar-refractivity contribution in [3.05, 3.63) is 60.0 Å². The van der Waals surface area contributed by atoms with Crippen molar-refractivity contribution in [3.8, 4) is 11.5 Å². The molecule has 1 heterocycles. The second-order valence-electron chi connectivity index (χ2n) is 5.90. The maximum atomic E-state index is 12.4. The van der Waals surface area contributed by atoms with Gasteiger partial charge in [-0.15, -0.1) is 10.2 Å². The number of nitrogens with one attached hydrogen (secondary N) is 2. The SMILES string of the molecule is CC(=O)Nc1ccc(S(=O)(=O)NCc2nnc(-c3cccc(C)c3)o2)cc1. The zero-order chi connectivity index (χ0) is 19.4. The highest BCUT2D eigenvalue weighted by Crippen LogP contribution is 2.19. The number of hydrogen-bond acceptors (Lipinski definition) is 6. The summed E-state index contributed by atoms with van der Waals surface area (Å²) in [6.07, 6.45) is 0. The van der Waals surface area contributed by atoms with Gasteiger partial charge in [-0.1, -0.05) is 17.7 Å². The van der Waals surface area contributed by atoms with Gasteiger partial charge in [0.05, 0.1) is 11.4 Å². The third kappa shape index (κ3) is 4.78. The zero-order valence-corrected chi connectivity index (χ0v) is 15.6. The summed E-state index contributed by atoms with van der Waals surface area (Å²) in [5, 5.41) is 10.4. The molecule has 3 aromatic rings. The molecule has 0 fully saturated rings. The first-order valence-electron chi connectivity index (χ1n) is 8.10. The minimum Gasteiger partial charge on any atom is -0.419 e. The molecule has 0 saturated heterocycles. The lowest BCUT2D eigenvalue weighted by molar-refractivity contribution is -0.114. The maximum absolute atomic E-state index is 12.4. The van der Waals surface area contributed by atoms with Crippen molar-refractivity contribution in [3.63, 3.8) is 0 Å². The van der Waals surface area contributed by atoms with E-state index < -0.39 is 10.0 Å². The highest BCUT2D eigenvalue weighted by Gasteiger charge is 2.16. The van der Waals surface area contributed by atoms with Gasteiger partial charge in [-0.2, -0.15) is 0 Å². The van der Waals surface area contributed by atoms with Crippen LogP contribution >= 0.6 is 0 Å². The minimum atomic E-state index is -3.76. The summed E-state index contributed by atoms with van der Waals surface area (Å²) in [4.78, 5) is 11.1. The number of aromatic nitrogens is 2. The van der Waals surface area contributed by atoms with Crippen LogP contribution in [0.1, 0.15) is 18.4 Å². The monoisotopic (exact) mass is 386 g/mol. The molecule has 9 heteroatoms. The highest BCUT2D eigenvalue weighted by atomic mass is 32.2.